The van der Waals surface area contributed by atoms with Crippen LogP contribution in [0.15, 0.2) is 0 Å². The predicted molar refractivity (Wildman–Crippen MR) is 69.7 cm³/mol. The smallest absolute Gasteiger partial charge is 0.0164 e. The van der Waals surface area contributed by atoms with E-state index in [1.807, 2.05) is 0 Å². The molecule has 2 heterocycles. The molecular weight excluding hydrogens is 196 g/mol. The van der Waals surface area contributed by atoms with E-state index in [2.05, 4.69) is 51.5 Å². The van der Waals surface area contributed by atoms with Crippen LogP contribution in [-0.4, -0.2) is 47.6 Å². The third-order valence-electron chi connectivity index (χ3n) is 4.47. The van der Waals surface area contributed by atoms with Gasteiger partial charge in [0, 0.05) is 24.2 Å². The molecule has 0 N–H and O–H groups in total. The molecule has 0 radical (unpaired) electrons. The molecule has 2 fully saturated rings. The van der Waals surface area contributed by atoms with E-state index in [0.717, 1.165) is 0 Å². The predicted octanol–water partition coefficient (Wildman–Crippen LogP) is 2.59. The van der Waals surface area contributed by atoms with Crippen molar-refractivity contribution in [3.05, 3.63) is 0 Å². The summed E-state index contributed by atoms with van der Waals surface area (Å²) in [6.45, 7) is 15.8. The fraction of sp³-hybridized carbons (Fsp3) is 1.00. The molecule has 0 aromatic rings. The van der Waals surface area contributed by atoms with Gasteiger partial charge in [-0.3, -0.25) is 4.90 Å². The Balaban J connectivity index is 2.20. The average Bonchev–Trinajstić information content (AvgIpc) is 2.52. The molecule has 2 saturated heterocycles. The first-order valence-electron chi connectivity index (χ1n) is 6.61. The minimum Gasteiger partial charge on any atom is -0.306 e. The van der Waals surface area contributed by atoms with Gasteiger partial charge in [0.1, 0.15) is 0 Å². The summed E-state index contributed by atoms with van der Waals surface area (Å²) < 4.78 is 0. The van der Waals surface area contributed by atoms with Crippen LogP contribution in [0.5, 0.6) is 0 Å². The van der Waals surface area contributed by atoms with Crippen LogP contribution in [0.2, 0.25) is 0 Å². The van der Waals surface area contributed by atoms with Gasteiger partial charge in [-0.05, 0) is 66.5 Å². The molecule has 2 aliphatic heterocycles. The molecule has 1 spiro atoms. The fourth-order valence-corrected chi connectivity index (χ4v) is 4.20. The highest BCUT2D eigenvalue weighted by Gasteiger charge is 2.53. The highest BCUT2D eigenvalue weighted by atomic mass is 15.3. The summed E-state index contributed by atoms with van der Waals surface area (Å²) in [6.07, 6.45) is 2.75. The van der Waals surface area contributed by atoms with Crippen molar-refractivity contribution in [2.24, 2.45) is 5.41 Å². The Morgan fingerprint density at radius 3 is 2.06 bits per heavy atom. The number of hydrogen-bond acceptors (Lipinski definition) is 2. The van der Waals surface area contributed by atoms with Crippen LogP contribution in [-0.2, 0) is 0 Å². The van der Waals surface area contributed by atoms with Crippen LogP contribution in [0.3, 0.4) is 0 Å². The van der Waals surface area contributed by atoms with Crippen LogP contribution in [0, 0.1) is 5.41 Å². The van der Waals surface area contributed by atoms with Crippen molar-refractivity contribution in [3.8, 4) is 0 Å². The zero-order valence-corrected chi connectivity index (χ0v) is 11.9. The summed E-state index contributed by atoms with van der Waals surface area (Å²) >= 11 is 0. The first kappa shape index (κ1) is 12.4. The summed E-state index contributed by atoms with van der Waals surface area (Å²) in [4.78, 5) is 5.22. The molecule has 2 rings (SSSR count). The van der Waals surface area contributed by atoms with E-state index in [1.54, 1.807) is 0 Å². The maximum absolute atomic E-state index is 2.72. The van der Waals surface area contributed by atoms with Crippen molar-refractivity contribution in [1.29, 1.82) is 0 Å². The molecule has 2 nitrogen and oxygen atoms in total. The average molecular weight is 224 g/mol. The molecule has 94 valence electrons. The number of hydrogen-bond donors (Lipinski definition) is 0. The molecule has 0 aromatic heterocycles. The van der Waals surface area contributed by atoms with Gasteiger partial charge in [0.15, 0.2) is 0 Å². The standard InChI is InChI=1S/C14H28N2/c1-12(2,3)16-11-14(9-13(16,4)5)7-8-15(6)10-14/h7-11H2,1-6H3. The molecule has 0 bridgehead atoms. The summed E-state index contributed by atoms with van der Waals surface area (Å²) in [5, 5.41) is 0. The molecular formula is C14H28N2. The van der Waals surface area contributed by atoms with Crippen molar-refractivity contribution in [2.45, 2.75) is 58.5 Å². The first-order chi connectivity index (χ1) is 7.15. The fourth-order valence-electron chi connectivity index (χ4n) is 4.20. The van der Waals surface area contributed by atoms with Gasteiger partial charge in [-0.15, -0.1) is 0 Å². The van der Waals surface area contributed by atoms with E-state index in [-0.39, 0.29) is 0 Å². The largest absolute Gasteiger partial charge is 0.306 e. The zero-order valence-electron chi connectivity index (χ0n) is 11.9. The van der Waals surface area contributed by atoms with E-state index < -0.39 is 0 Å². The summed E-state index contributed by atoms with van der Waals surface area (Å²) in [5.74, 6) is 0. The molecule has 0 amide bonds. The highest BCUT2D eigenvalue weighted by molar-refractivity contribution is 5.07. The SMILES string of the molecule is CN1CCC2(C1)CN(C(C)(C)C)C(C)(C)C2. The van der Waals surface area contributed by atoms with Crippen LogP contribution < -0.4 is 0 Å². The lowest BCUT2D eigenvalue weighted by Crippen LogP contribution is -2.50. The molecule has 2 heteroatoms. The van der Waals surface area contributed by atoms with Crippen LogP contribution in [0.25, 0.3) is 0 Å². The van der Waals surface area contributed by atoms with Gasteiger partial charge in [-0.1, -0.05) is 0 Å². The number of nitrogens with zero attached hydrogens (tertiary/aromatic N) is 2. The molecule has 2 aliphatic rings. The van der Waals surface area contributed by atoms with E-state index in [1.165, 1.54) is 32.5 Å². The van der Waals surface area contributed by atoms with Gasteiger partial charge >= 0.3 is 0 Å². The Hall–Kier alpha value is -0.0800. The number of likely N-dealkylation sites (tertiary alicyclic amines) is 2. The summed E-state index contributed by atoms with van der Waals surface area (Å²) in [7, 11) is 2.27. The van der Waals surface area contributed by atoms with Gasteiger partial charge in [-0.25, -0.2) is 0 Å². The summed E-state index contributed by atoms with van der Waals surface area (Å²) in [5.41, 5.74) is 1.24. The van der Waals surface area contributed by atoms with E-state index in [9.17, 15) is 0 Å². The van der Waals surface area contributed by atoms with Crippen LogP contribution >= 0.6 is 0 Å². The highest BCUT2D eigenvalue weighted by Crippen LogP contribution is 2.49. The van der Waals surface area contributed by atoms with Gasteiger partial charge < -0.3 is 4.90 Å². The molecule has 1 unspecified atom stereocenters. The molecule has 16 heavy (non-hydrogen) atoms. The molecule has 0 aliphatic carbocycles. The van der Waals surface area contributed by atoms with Crippen LogP contribution in [0.1, 0.15) is 47.5 Å². The Morgan fingerprint density at radius 2 is 1.69 bits per heavy atom. The zero-order chi connectivity index (χ0) is 12.2. The first-order valence-corrected chi connectivity index (χ1v) is 6.61. The minimum atomic E-state index is 0.300. The van der Waals surface area contributed by atoms with Crippen molar-refractivity contribution in [2.75, 3.05) is 26.7 Å². The van der Waals surface area contributed by atoms with Crippen LogP contribution in [0.4, 0.5) is 0 Å². The molecule has 0 saturated carbocycles. The molecule has 1 atom stereocenters. The molecule has 0 aromatic carbocycles. The lowest BCUT2D eigenvalue weighted by molar-refractivity contribution is 0.0647. The maximum atomic E-state index is 2.72. The number of rotatable bonds is 0. The van der Waals surface area contributed by atoms with Crippen molar-refractivity contribution in [3.63, 3.8) is 0 Å². The monoisotopic (exact) mass is 224 g/mol. The lowest BCUT2D eigenvalue weighted by Gasteiger charge is -2.42. The Bertz CT molecular complexity index is 277. The minimum absolute atomic E-state index is 0.300. The second kappa shape index (κ2) is 3.46. The quantitative estimate of drug-likeness (QED) is 0.624. The summed E-state index contributed by atoms with van der Waals surface area (Å²) in [6, 6.07) is 0. The normalized spacial score (nSPS) is 36.4. The Kier molecular flexibility index (Phi) is 2.67. The Labute approximate surface area is 101 Å². The van der Waals surface area contributed by atoms with Gasteiger partial charge in [0.2, 0.25) is 0 Å². The van der Waals surface area contributed by atoms with Crippen molar-refractivity contribution in [1.82, 2.24) is 9.80 Å². The third kappa shape index (κ3) is 2.02. The van der Waals surface area contributed by atoms with E-state index in [0.29, 0.717) is 16.5 Å². The van der Waals surface area contributed by atoms with Gasteiger partial charge in [0.25, 0.3) is 0 Å². The topological polar surface area (TPSA) is 6.48 Å². The van der Waals surface area contributed by atoms with Crippen molar-refractivity contribution < 1.29 is 0 Å². The van der Waals surface area contributed by atoms with E-state index in [4.69, 9.17) is 0 Å². The second-order valence-electron chi connectivity index (χ2n) is 7.73. The Morgan fingerprint density at radius 1 is 1.06 bits per heavy atom. The van der Waals surface area contributed by atoms with Gasteiger partial charge in [0.05, 0.1) is 0 Å². The van der Waals surface area contributed by atoms with Crippen molar-refractivity contribution >= 4 is 0 Å². The third-order valence-corrected chi connectivity index (χ3v) is 4.47. The lowest BCUT2D eigenvalue weighted by atomic mass is 9.81. The van der Waals surface area contributed by atoms with E-state index >= 15 is 0 Å². The second-order valence-corrected chi connectivity index (χ2v) is 7.73. The van der Waals surface area contributed by atoms with Gasteiger partial charge in [-0.2, -0.15) is 0 Å². The maximum Gasteiger partial charge on any atom is 0.0164 e.